The molecule has 1 aliphatic carbocycles. The molecule has 0 spiro atoms. The van der Waals surface area contributed by atoms with Crippen LogP contribution in [0.15, 0.2) is 30.6 Å². The molecule has 2 aromatic rings. The van der Waals surface area contributed by atoms with Crippen molar-refractivity contribution < 1.29 is 24.5 Å². The summed E-state index contributed by atoms with van der Waals surface area (Å²) in [5.41, 5.74) is 2.39. The van der Waals surface area contributed by atoms with Crippen LogP contribution < -0.4 is 4.90 Å². The number of nitrogens with zero attached hydrogens (tertiary/aromatic N) is 5. The minimum atomic E-state index is -1.06. The van der Waals surface area contributed by atoms with Gasteiger partial charge in [-0.2, -0.15) is 0 Å². The second-order valence-electron chi connectivity index (χ2n) is 9.61. The van der Waals surface area contributed by atoms with E-state index in [1.54, 1.807) is 29.2 Å². The molecule has 2 aliphatic heterocycles. The van der Waals surface area contributed by atoms with E-state index in [4.69, 9.17) is 16.3 Å². The highest BCUT2D eigenvalue weighted by Crippen LogP contribution is 2.43. The molecule has 2 fully saturated rings. The average molecular weight is 516 g/mol. The first-order valence-corrected chi connectivity index (χ1v) is 12.6. The zero-order chi connectivity index (χ0) is 25.4. The number of rotatable bonds is 4. The Bertz CT molecular complexity index is 1120. The minimum absolute atomic E-state index is 0.129. The second-order valence-corrected chi connectivity index (χ2v) is 10.0. The summed E-state index contributed by atoms with van der Waals surface area (Å²) in [6, 6.07) is 6.37. The van der Waals surface area contributed by atoms with Gasteiger partial charge in [0.2, 0.25) is 5.91 Å². The molecule has 11 heteroatoms. The average Bonchev–Trinajstić information content (AvgIpc) is 3.19. The number of carbonyl (C=O) groups is 2. The standard InChI is InChI=1S/C25H30ClN5O5/c1-15-12-19(32)22-20(15)23(28-14-27-22)29-6-8-30(9-7-29)24(33)21(16-2-4-17(26)5-3-16)18-13-36-11-10-31(18)25(34)35/h2-5,14-15,18-19,21,32H,6-13H2,1H3,(H,34,35)/t15-,18?,19+,21+/m1/s1. The number of benzene rings is 1. The molecule has 1 aromatic heterocycles. The molecule has 3 heterocycles. The molecule has 4 atom stereocenters. The number of carbonyl (C=O) groups excluding carboxylic acids is 1. The van der Waals surface area contributed by atoms with E-state index >= 15 is 0 Å². The molecule has 36 heavy (non-hydrogen) atoms. The van der Waals surface area contributed by atoms with Crippen LogP contribution in [0, 0.1) is 0 Å². The molecular formula is C25H30ClN5O5. The van der Waals surface area contributed by atoms with E-state index in [2.05, 4.69) is 21.8 Å². The molecule has 2 saturated heterocycles. The summed E-state index contributed by atoms with van der Waals surface area (Å²) < 4.78 is 5.62. The molecule has 3 aliphatic rings. The fourth-order valence-electron chi connectivity index (χ4n) is 5.63. The Morgan fingerprint density at radius 1 is 1.11 bits per heavy atom. The van der Waals surface area contributed by atoms with Crippen molar-refractivity contribution in [1.82, 2.24) is 19.8 Å². The molecule has 2 N–H and O–H groups in total. The number of carboxylic acid groups (broad SMARTS) is 1. The fraction of sp³-hybridized carbons (Fsp3) is 0.520. The molecule has 0 radical (unpaired) electrons. The van der Waals surface area contributed by atoms with Crippen molar-refractivity contribution in [2.75, 3.05) is 50.8 Å². The van der Waals surface area contributed by atoms with Crippen LogP contribution in [-0.2, 0) is 9.53 Å². The number of aliphatic hydroxyl groups excluding tert-OH is 1. The molecule has 10 nitrogen and oxygen atoms in total. The third-order valence-electron chi connectivity index (χ3n) is 7.46. The normalized spacial score (nSPS) is 25.0. The Balaban J connectivity index is 1.37. The summed E-state index contributed by atoms with van der Waals surface area (Å²) in [6.45, 7) is 4.84. The molecule has 0 bridgehead atoms. The van der Waals surface area contributed by atoms with Crippen LogP contribution in [0.25, 0.3) is 0 Å². The SMILES string of the molecule is C[C@@H]1C[C@H](O)c2ncnc(N3CCN(C(=O)[C@@H](c4ccc(Cl)cc4)C4COCCN4C(=O)O)CC3)c21. The van der Waals surface area contributed by atoms with Crippen molar-refractivity contribution in [3.8, 4) is 0 Å². The number of anilines is 1. The summed E-state index contributed by atoms with van der Waals surface area (Å²) in [5, 5.41) is 20.7. The number of aliphatic hydroxyl groups is 1. The van der Waals surface area contributed by atoms with Crippen molar-refractivity contribution in [3.63, 3.8) is 0 Å². The summed E-state index contributed by atoms with van der Waals surface area (Å²) in [4.78, 5) is 40.0. The van der Waals surface area contributed by atoms with Gasteiger partial charge in [-0.05, 0) is 30.0 Å². The maximum atomic E-state index is 13.9. The van der Waals surface area contributed by atoms with Crippen LogP contribution in [0.4, 0.5) is 10.6 Å². The quantitative estimate of drug-likeness (QED) is 0.637. The van der Waals surface area contributed by atoms with E-state index in [0.717, 1.165) is 11.4 Å². The monoisotopic (exact) mass is 515 g/mol. The van der Waals surface area contributed by atoms with E-state index in [1.807, 2.05) is 0 Å². The van der Waals surface area contributed by atoms with Gasteiger partial charge in [0.25, 0.3) is 0 Å². The molecule has 1 aromatic carbocycles. The minimum Gasteiger partial charge on any atom is -0.465 e. The first-order valence-electron chi connectivity index (χ1n) is 12.2. The zero-order valence-corrected chi connectivity index (χ0v) is 20.8. The summed E-state index contributed by atoms with van der Waals surface area (Å²) in [5.74, 6) is 0.149. The number of hydrogen-bond acceptors (Lipinski definition) is 7. The third kappa shape index (κ3) is 4.60. The Morgan fingerprint density at radius 2 is 1.83 bits per heavy atom. The second kappa shape index (κ2) is 10.2. The van der Waals surface area contributed by atoms with E-state index in [-0.39, 0.29) is 25.0 Å². The zero-order valence-electron chi connectivity index (χ0n) is 20.1. The number of halogens is 1. The molecule has 2 amide bonds. The van der Waals surface area contributed by atoms with Gasteiger partial charge >= 0.3 is 6.09 Å². The van der Waals surface area contributed by atoms with Crippen LogP contribution in [0.1, 0.15) is 48.1 Å². The van der Waals surface area contributed by atoms with Gasteiger partial charge in [0.1, 0.15) is 12.1 Å². The topological polar surface area (TPSA) is 119 Å². The number of morpholine rings is 1. The van der Waals surface area contributed by atoms with Crippen LogP contribution in [0.5, 0.6) is 0 Å². The van der Waals surface area contributed by atoms with E-state index in [0.29, 0.717) is 55.5 Å². The van der Waals surface area contributed by atoms with Crippen molar-refractivity contribution >= 4 is 29.4 Å². The molecule has 0 saturated carbocycles. The largest absolute Gasteiger partial charge is 0.465 e. The first kappa shape index (κ1) is 24.7. The molecule has 5 rings (SSSR count). The van der Waals surface area contributed by atoms with Crippen molar-refractivity contribution in [2.45, 2.75) is 37.3 Å². The molecule has 192 valence electrons. The third-order valence-corrected chi connectivity index (χ3v) is 7.71. The highest BCUT2D eigenvalue weighted by atomic mass is 35.5. The molecule has 1 unspecified atom stereocenters. The number of hydrogen-bond donors (Lipinski definition) is 2. The van der Waals surface area contributed by atoms with Crippen LogP contribution in [0.2, 0.25) is 5.02 Å². The smallest absolute Gasteiger partial charge is 0.407 e. The summed E-state index contributed by atoms with van der Waals surface area (Å²) in [6.07, 6.45) is 0.488. The van der Waals surface area contributed by atoms with Gasteiger partial charge in [-0.3, -0.25) is 9.69 Å². The lowest BCUT2D eigenvalue weighted by Crippen LogP contribution is -2.57. The van der Waals surface area contributed by atoms with Gasteiger partial charge in [-0.15, -0.1) is 0 Å². The Kier molecular flexibility index (Phi) is 7.00. The highest BCUT2D eigenvalue weighted by Gasteiger charge is 2.41. The van der Waals surface area contributed by atoms with Crippen LogP contribution >= 0.6 is 11.6 Å². The van der Waals surface area contributed by atoms with E-state index < -0.39 is 24.2 Å². The van der Waals surface area contributed by atoms with Gasteiger partial charge in [0.15, 0.2) is 0 Å². The Hall–Kier alpha value is -2.95. The Morgan fingerprint density at radius 3 is 2.53 bits per heavy atom. The van der Waals surface area contributed by atoms with Crippen LogP contribution in [-0.4, -0.2) is 94.0 Å². The summed E-state index contributed by atoms with van der Waals surface area (Å²) >= 11 is 6.09. The lowest BCUT2D eigenvalue weighted by Gasteiger charge is -2.42. The number of piperazine rings is 1. The number of amides is 2. The maximum Gasteiger partial charge on any atom is 0.407 e. The number of aromatic nitrogens is 2. The predicted molar refractivity (Wildman–Crippen MR) is 132 cm³/mol. The lowest BCUT2D eigenvalue weighted by molar-refractivity contribution is -0.136. The predicted octanol–water partition coefficient (Wildman–Crippen LogP) is 2.48. The Labute approximate surface area is 214 Å². The number of fused-ring (bicyclic) bond motifs is 1. The van der Waals surface area contributed by atoms with Gasteiger partial charge in [0, 0.05) is 43.3 Å². The van der Waals surface area contributed by atoms with Gasteiger partial charge < -0.3 is 24.7 Å². The molecular weight excluding hydrogens is 486 g/mol. The first-order chi connectivity index (χ1) is 17.3. The van der Waals surface area contributed by atoms with Gasteiger partial charge in [-0.25, -0.2) is 14.8 Å². The van der Waals surface area contributed by atoms with Crippen LogP contribution in [0.3, 0.4) is 0 Å². The summed E-state index contributed by atoms with van der Waals surface area (Å²) in [7, 11) is 0. The fourth-order valence-corrected chi connectivity index (χ4v) is 5.75. The van der Waals surface area contributed by atoms with E-state index in [9.17, 15) is 19.8 Å². The van der Waals surface area contributed by atoms with Crippen molar-refractivity contribution in [2.24, 2.45) is 0 Å². The van der Waals surface area contributed by atoms with Gasteiger partial charge in [-0.1, -0.05) is 30.7 Å². The highest BCUT2D eigenvalue weighted by molar-refractivity contribution is 6.30. The van der Waals surface area contributed by atoms with E-state index in [1.165, 1.54) is 11.2 Å². The van der Waals surface area contributed by atoms with Gasteiger partial charge in [0.05, 0.1) is 37.0 Å². The maximum absolute atomic E-state index is 13.9. The lowest BCUT2D eigenvalue weighted by atomic mass is 9.88. The van der Waals surface area contributed by atoms with Crippen molar-refractivity contribution in [3.05, 3.63) is 52.4 Å². The van der Waals surface area contributed by atoms with Crippen molar-refractivity contribution in [1.29, 1.82) is 0 Å². The number of ether oxygens (including phenoxy) is 1.